The van der Waals surface area contributed by atoms with E-state index in [1.165, 1.54) is 11.8 Å². The highest BCUT2D eigenvalue weighted by Crippen LogP contribution is 2.42. The molecular formula is C35H39F3N6O3. The fourth-order valence-corrected chi connectivity index (χ4v) is 6.39. The second-order valence-electron chi connectivity index (χ2n) is 12.6. The van der Waals surface area contributed by atoms with E-state index in [1.54, 1.807) is 7.05 Å². The van der Waals surface area contributed by atoms with Crippen molar-refractivity contribution >= 4 is 34.9 Å². The number of aryl methyl sites for hydroxylation is 2. The molecule has 3 amide bonds. The largest absolute Gasteiger partial charge is 0.416 e. The number of hydrogen-bond acceptors (Lipinski definition) is 6. The smallest absolute Gasteiger partial charge is 0.365 e. The van der Waals surface area contributed by atoms with Crippen molar-refractivity contribution in [2.75, 3.05) is 48.9 Å². The number of alkyl halides is 3. The van der Waals surface area contributed by atoms with Crippen LogP contribution in [0, 0.1) is 19.8 Å². The molecule has 47 heavy (non-hydrogen) atoms. The van der Waals surface area contributed by atoms with Gasteiger partial charge in [-0.15, -0.1) is 0 Å². The van der Waals surface area contributed by atoms with Crippen molar-refractivity contribution < 1.29 is 27.6 Å². The molecule has 0 bridgehead atoms. The summed E-state index contributed by atoms with van der Waals surface area (Å²) in [6.07, 6.45) is -4.65. The van der Waals surface area contributed by atoms with E-state index in [-0.39, 0.29) is 29.7 Å². The Kier molecular flexibility index (Phi) is 9.44. The lowest BCUT2D eigenvalue weighted by Crippen LogP contribution is -2.52. The van der Waals surface area contributed by atoms with Crippen LogP contribution in [0.25, 0.3) is 0 Å². The topological polar surface area (TPSA) is 89.1 Å². The fourth-order valence-electron chi connectivity index (χ4n) is 6.39. The maximum absolute atomic E-state index is 14.1. The first kappa shape index (κ1) is 33.6. The Labute approximate surface area is 272 Å². The van der Waals surface area contributed by atoms with Crippen LogP contribution in [-0.2, 0) is 33.6 Å². The third-order valence-electron chi connectivity index (χ3n) is 8.55. The Morgan fingerprint density at radius 3 is 2.40 bits per heavy atom. The number of fused-ring (bicyclic) bond motifs is 2. The lowest BCUT2D eigenvalue weighted by molar-refractivity contribution is -0.137. The van der Waals surface area contributed by atoms with Gasteiger partial charge in [-0.3, -0.25) is 19.3 Å². The Balaban J connectivity index is 1.44. The van der Waals surface area contributed by atoms with Crippen molar-refractivity contribution in [3.05, 3.63) is 94.7 Å². The molecule has 248 valence electrons. The predicted octanol–water partition coefficient (Wildman–Crippen LogP) is 4.86. The SMILES string of the molecule is C=C(CN(C)C)C(=O)NCc1ccc(CN2C[C@H]3CC(=O)N(c4cc(C(F)(F)F)cc(C)n4)[C@@H]3C(=O)N(C)c3cccc(C)c32)cc1. The minimum atomic E-state index is -4.64. The van der Waals surface area contributed by atoms with Gasteiger partial charge in [-0.1, -0.05) is 43.0 Å². The van der Waals surface area contributed by atoms with Crippen molar-refractivity contribution in [2.24, 2.45) is 5.92 Å². The predicted molar refractivity (Wildman–Crippen MR) is 175 cm³/mol. The molecule has 0 aliphatic carbocycles. The number of amides is 3. The van der Waals surface area contributed by atoms with Gasteiger partial charge in [-0.25, -0.2) is 4.98 Å². The standard InChI is InChI=1S/C35H39F3N6O3/c1-21-8-7-9-28-31(21)43(19-25-12-10-24(11-13-25)17-39-33(46)22(2)18-41(4)5)20-26-15-30(45)44(32(26)34(47)42(28)6)29-16-27(35(36,37)38)14-23(3)40-29/h7-14,16,26,32H,2,15,17-20H2,1,3-6H3,(H,39,46)/t26-,32+/m1/s1. The summed E-state index contributed by atoms with van der Waals surface area (Å²) in [6.45, 7) is 8.81. The number of benzene rings is 2. The van der Waals surface area contributed by atoms with Gasteiger partial charge in [0.2, 0.25) is 17.7 Å². The molecule has 3 heterocycles. The van der Waals surface area contributed by atoms with Crippen LogP contribution < -0.4 is 20.0 Å². The molecule has 2 atom stereocenters. The number of nitrogens with one attached hydrogen (secondary N) is 1. The fraction of sp³-hybridized carbons (Fsp3) is 0.371. The molecule has 12 heteroatoms. The molecule has 1 fully saturated rings. The van der Waals surface area contributed by atoms with Gasteiger partial charge in [0, 0.05) is 56.8 Å². The highest BCUT2D eigenvalue weighted by molar-refractivity contribution is 6.10. The van der Waals surface area contributed by atoms with Gasteiger partial charge in [0.1, 0.15) is 11.9 Å². The van der Waals surface area contributed by atoms with Gasteiger partial charge in [-0.2, -0.15) is 13.2 Å². The van der Waals surface area contributed by atoms with Gasteiger partial charge < -0.3 is 20.0 Å². The molecule has 2 aliphatic heterocycles. The molecule has 1 saturated heterocycles. The number of carbonyl (C=O) groups excluding carboxylic acids is 3. The minimum Gasteiger partial charge on any atom is -0.365 e. The van der Waals surface area contributed by atoms with Crippen LogP contribution in [0.2, 0.25) is 0 Å². The normalized spacial score (nSPS) is 18.2. The number of aromatic nitrogens is 1. The van der Waals surface area contributed by atoms with Crippen molar-refractivity contribution in [2.45, 2.75) is 45.6 Å². The van der Waals surface area contributed by atoms with Gasteiger partial charge in [0.25, 0.3) is 0 Å². The lowest BCUT2D eigenvalue weighted by atomic mass is 9.94. The molecular weight excluding hydrogens is 609 g/mol. The Morgan fingerprint density at radius 1 is 1.06 bits per heavy atom. The van der Waals surface area contributed by atoms with Crippen LogP contribution in [0.15, 0.2) is 66.7 Å². The van der Waals surface area contributed by atoms with E-state index >= 15 is 0 Å². The summed E-state index contributed by atoms with van der Waals surface area (Å²) in [7, 11) is 5.37. The zero-order valence-corrected chi connectivity index (χ0v) is 27.2. The second kappa shape index (κ2) is 13.2. The molecule has 3 aromatic rings. The van der Waals surface area contributed by atoms with Gasteiger partial charge >= 0.3 is 6.18 Å². The van der Waals surface area contributed by atoms with Crippen molar-refractivity contribution in [3.8, 4) is 0 Å². The maximum atomic E-state index is 14.1. The zero-order valence-electron chi connectivity index (χ0n) is 27.2. The first-order valence-electron chi connectivity index (χ1n) is 15.3. The number of para-hydroxylation sites is 1. The number of nitrogens with zero attached hydrogens (tertiary/aromatic N) is 5. The Morgan fingerprint density at radius 2 is 1.74 bits per heavy atom. The third kappa shape index (κ3) is 7.17. The lowest BCUT2D eigenvalue weighted by Gasteiger charge is -2.39. The molecule has 2 aliphatic rings. The van der Waals surface area contributed by atoms with Gasteiger partial charge in [0.15, 0.2) is 0 Å². The van der Waals surface area contributed by atoms with Gasteiger partial charge in [-0.05, 0) is 62.8 Å². The molecule has 2 aromatic carbocycles. The summed E-state index contributed by atoms with van der Waals surface area (Å²) in [5, 5.41) is 2.89. The molecule has 0 radical (unpaired) electrons. The van der Waals surface area contributed by atoms with E-state index in [2.05, 4.69) is 21.8 Å². The number of halogens is 3. The summed E-state index contributed by atoms with van der Waals surface area (Å²) in [6, 6.07) is 14.2. The average Bonchev–Trinajstić information content (AvgIpc) is 3.32. The number of anilines is 3. The van der Waals surface area contributed by atoms with Crippen molar-refractivity contribution in [1.82, 2.24) is 15.2 Å². The van der Waals surface area contributed by atoms with E-state index in [9.17, 15) is 27.6 Å². The highest BCUT2D eigenvalue weighted by atomic mass is 19.4. The Bertz CT molecular complexity index is 1710. The molecule has 1 aromatic heterocycles. The minimum absolute atomic E-state index is 0.0172. The molecule has 0 saturated carbocycles. The van der Waals surface area contributed by atoms with Gasteiger partial charge in [0.05, 0.1) is 16.9 Å². The Hall–Kier alpha value is -4.71. The van der Waals surface area contributed by atoms with Crippen LogP contribution >= 0.6 is 0 Å². The highest BCUT2D eigenvalue weighted by Gasteiger charge is 2.49. The van der Waals surface area contributed by atoms with E-state index in [4.69, 9.17) is 0 Å². The van der Waals surface area contributed by atoms with Crippen LogP contribution in [0.1, 0.15) is 34.4 Å². The molecule has 9 nitrogen and oxygen atoms in total. The molecule has 1 N–H and O–H groups in total. The van der Waals surface area contributed by atoms with Crippen LogP contribution in [-0.4, -0.2) is 67.9 Å². The monoisotopic (exact) mass is 648 g/mol. The van der Waals surface area contributed by atoms with Crippen LogP contribution in [0.5, 0.6) is 0 Å². The second-order valence-corrected chi connectivity index (χ2v) is 12.6. The summed E-state index contributed by atoms with van der Waals surface area (Å²) in [5.74, 6) is -1.73. The summed E-state index contributed by atoms with van der Waals surface area (Å²) in [5.41, 5.74) is 3.95. The number of likely N-dealkylation sites (N-methyl/N-ethyl adjacent to an activating group) is 2. The maximum Gasteiger partial charge on any atom is 0.416 e. The van der Waals surface area contributed by atoms with E-state index in [1.807, 2.05) is 68.4 Å². The summed E-state index contributed by atoms with van der Waals surface area (Å²) >= 11 is 0. The van der Waals surface area contributed by atoms with E-state index in [0.29, 0.717) is 37.4 Å². The summed E-state index contributed by atoms with van der Waals surface area (Å²) in [4.78, 5) is 50.9. The molecule has 0 spiro atoms. The number of pyridine rings is 1. The van der Waals surface area contributed by atoms with Crippen molar-refractivity contribution in [1.29, 1.82) is 0 Å². The first-order valence-corrected chi connectivity index (χ1v) is 15.3. The number of hydrogen-bond donors (Lipinski definition) is 1. The average molecular weight is 649 g/mol. The third-order valence-corrected chi connectivity index (χ3v) is 8.55. The zero-order chi connectivity index (χ0) is 34.2. The number of rotatable bonds is 8. The quantitative estimate of drug-likeness (QED) is 0.352. The van der Waals surface area contributed by atoms with Crippen LogP contribution in [0.4, 0.5) is 30.4 Å². The number of carbonyl (C=O) groups is 3. The summed E-state index contributed by atoms with van der Waals surface area (Å²) < 4.78 is 41.2. The first-order chi connectivity index (χ1) is 22.1. The van der Waals surface area contributed by atoms with Crippen molar-refractivity contribution in [3.63, 3.8) is 0 Å². The van der Waals surface area contributed by atoms with Crippen LogP contribution in [0.3, 0.4) is 0 Å². The van der Waals surface area contributed by atoms with E-state index in [0.717, 1.165) is 39.4 Å². The molecule has 0 unspecified atom stereocenters. The molecule has 5 rings (SSSR count). The van der Waals surface area contributed by atoms with E-state index < -0.39 is 29.6 Å².